The molecule has 1 fully saturated rings. The topological polar surface area (TPSA) is 66.6 Å². The number of hydrogen-bond acceptors (Lipinski definition) is 6. The molecule has 2 aromatic heterocycles. The lowest BCUT2D eigenvalue weighted by atomic mass is 10.0. The molecule has 1 aliphatic rings. The van der Waals surface area contributed by atoms with Crippen molar-refractivity contribution >= 4 is 23.4 Å². The zero-order valence-corrected chi connectivity index (χ0v) is 23.6. The number of nitrogens with zero attached hydrogens (tertiary/aromatic N) is 6. The Bertz CT molecular complexity index is 1410. The summed E-state index contributed by atoms with van der Waals surface area (Å²) in [7, 11) is 0. The molecule has 8 heteroatoms. The zero-order valence-electron chi connectivity index (χ0n) is 22.8. The Morgan fingerprint density at radius 3 is 2.24 bits per heavy atom. The van der Waals surface area contributed by atoms with E-state index in [0.29, 0.717) is 16.7 Å². The Morgan fingerprint density at radius 2 is 1.53 bits per heavy atom. The van der Waals surface area contributed by atoms with Gasteiger partial charge < -0.3 is 4.90 Å². The predicted molar refractivity (Wildman–Crippen MR) is 153 cm³/mol. The van der Waals surface area contributed by atoms with Gasteiger partial charge in [-0.3, -0.25) is 9.69 Å². The number of carbonyl (C=O) groups excluding carboxylic acids is 1. The third-order valence-electron chi connectivity index (χ3n) is 7.32. The Kier molecular flexibility index (Phi) is 8.09. The van der Waals surface area contributed by atoms with Crippen molar-refractivity contribution in [2.24, 2.45) is 0 Å². The van der Waals surface area contributed by atoms with Gasteiger partial charge in [-0.05, 0) is 50.8 Å². The van der Waals surface area contributed by atoms with Crippen LogP contribution in [0.2, 0.25) is 0 Å². The third kappa shape index (κ3) is 6.25. The molecule has 0 saturated carbocycles. The molecular formula is C30H36N6OS. The summed E-state index contributed by atoms with van der Waals surface area (Å²) in [6.07, 6.45) is 1.79. The predicted octanol–water partition coefficient (Wildman–Crippen LogP) is 4.78. The van der Waals surface area contributed by atoms with Crippen LogP contribution >= 0.6 is 11.8 Å². The molecule has 0 atom stereocenters. The first kappa shape index (κ1) is 26.4. The van der Waals surface area contributed by atoms with Gasteiger partial charge in [0.15, 0.2) is 0 Å². The quantitative estimate of drug-likeness (QED) is 0.322. The summed E-state index contributed by atoms with van der Waals surface area (Å²) in [4.78, 5) is 26.8. The SMILES string of the molecule is Cc1ccc(Cc2c(C)nc3nc(SCC(=O)N4CCCN(Cc5ccc(C)cc5)CC4)nn3c2C)cc1. The number of thioether (sulfide) groups is 1. The van der Waals surface area contributed by atoms with E-state index in [2.05, 4.69) is 79.2 Å². The summed E-state index contributed by atoms with van der Waals surface area (Å²) in [6.45, 7) is 12.7. The minimum Gasteiger partial charge on any atom is -0.341 e. The van der Waals surface area contributed by atoms with Crippen LogP contribution in [0.15, 0.2) is 53.7 Å². The number of hydrogen-bond donors (Lipinski definition) is 0. The van der Waals surface area contributed by atoms with Crippen molar-refractivity contribution in [3.05, 3.63) is 87.7 Å². The van der Waals surface area contributed by atoms with Crippen LogP contribution in [0.3, 0.4) is 0 Å². The zero-order chi connectivity index (χ0) is 26.6. The number of fused-ring (bicyclic) bond motifs is 1. The van der Waals surface area contributed by atoms with Crippen LogP contribution in [0, 0.1) is 27.7 Å². The van der Waals surface area contributed by atoms with Gasteiger partial charge in [-0.15, -0.1) is 5.10 Å². The monoisotopic (exact) mass is 528 g/mol. The number of amides is 1. The summed E-state index contributed by atoms with van der Waals surface area (Å²) in [6, 6.07) is 17.3. The molecule has 1 aliphatic heterocycles. The van der Waals surface area contributed by atoms with E-state index in [-0.39, 0.29) is 5.91 Å². The molecule has 5 rings (SSSR count). The van der Waals surface area contributed by atoms with E-state index >= 15 is 0 Å². The van der Waals surface area contributed by atoms with Gasteiger partial charge in [-0.25, -0.2) is 9.50 Å². The first-order chi connectivity index (χ1) is 18.4. The lowest BCUT2D eigenvalue weighted by Crippen LogP contribution is -2.36. The second-order valence-corrected chi connectivity index (χ2v) is 11.3. The van der Waals surface area contributed by atoms with Crippen LogP contribution in [0.1, 0.15) is 45.6 Å². The first-order valence-corrected chi connectivity index (χ1v) is 14.3. The molecule has 4 aromatic rings. The van der Waals surface area contributed by atoms with E-state index in [1.165, 1.54) is 39.6 Å². The van der Waals surface area contributed by atoms with Crippen molar-refractivity contribution in [2.75, 3.05) is 31.9 Å². The molecule has 3 heterocycles. The van der Waals surface area contributed by atoms with Crippen molar-refractivity contribution in [3.8, 4) is 0 Å². The smallest absolute Gasteiger partial charge is 0.253 e. The summed E-state index contributed by atoms with van der Waals surface area (Å²) in [5, 5.41) is 5.29. The average molecular weight is 529 g/mol. The highest BCUT2D eigenvalue weighted by Crippen LogP contribution is 2.21. The van der Waals surface area contributed by atoms with Crippen LogP contribution < -0.4 is 0 Å². The van der Waals surface area contributed by atoms with E-state index in [0.717, 1.165) is 57.0 Å². The molecule has 38 heavy (non-hydrogen) atoms. The fourth-order valence-electron chi connectivity index (χ4n) is 4.96. The normalized spacial score (nSPS) is 14.7. The minimum absolute atomic E-state index is 0.145. The van der Waals surface area contributed by atoms with Gasteiger partial charge in [0.2, 0.25) is 11.1 Å². The molecule has 198 valence electrons. The van der Waals surface area contributed by atoms with Crippen LogP contribution in [-0.2, 0) is 17.8 Å². The second-order valence-electron chi connectivity index (χ2n) is 10.3. The molecular weight excluding hydrogens is 492 g/mol. The maximum Gasteiger partial charge on any atom is 0.253 e. The van der Waals surface area contributed by atoms with Gasteiger partial charge >= 0.3 is 0 Å². The number of aryl methyl sites for hydroxylation is 4. The van der Waals surface area contributed by atoms with Crippen LogP contribution in [-0.4, -0.2) is 67.2 Å². The number of benzene rings is 2. The van der Waals surface area contributed by atoms with E-state index < -0.39 is 0 Å². The van der Waals surface area contributed by atoms with E-state index in [9.17, 15) is 4.79 Å². The molecule has 0 radical (unpaired) electrons. The molecule has 7 nitrogen and oxygen atoms in total. The van der Waals surface area contributed by atoms with Crippen LogP contribution in [0.25, 0.3) is 5.78 Å². The fraction of sp³-hybridized carbons (Fsp3) is 0.400. The Hall–Kier alpha value is -3.23. The van der Waals surface area contributed by atoms with E-state index in [1.807, 2.05) is 16.3 Å². The maximum absolute atomic E-state index is 13.1. The molecule has 0 bridgehead atoms. The van der Waals surface area contributed by atoms with Crippen molar-refractivity contribution in [2.45, 2.75) is 52.2 Å². The Morgan fingerprint density at radius 1 is 0.842 bits per heavy atom. The third-order valence-corrected chi connectivity index (χ3v) is 8.15. The fourth-order valence-corrected chi connectivity index (χ4v) is 5.69. The van der Waals surface area contributed by atoms with Crippen LogP contribution in [0.4, 0.5) is 0 Å². The van der Waals surface area contributed by atoms with Crippen molar-refractivity contribution in [3.63, 3.8) is 0 Å². The standard InChI is InChI=1S/C30H36N6OS/c1-21-6-10-25(11-7-21)18-27-23(3)31-29-32-30(33-36(29)24(27)4)38-20-28(37)35-15-5-14-34(16-17-35)19-26-12-8-22(2)9-13-26/h6-13H,5,14-20H2,1-4H3. The second kappa shape index (κ2) is 11.7. The molecule has 0 spiro atoms. The first-order valence-electron chi connectivity index (χ1n) is 13.3. The molecule has 1 saturated heterocycles. The summed E-state index contributed by atoms with van der Waals surface area (Å²) >= 11 is 1.40. The Balaban J connectivity index is 1.19. The lowest BCUT2D eigenvalue weighted by Gasteiger charge is -2.22. The molecule has 2 aromatic carbocycles. The van der Waals surface area contributed by atoms with E-state index in [4.69, 9.17) is 10.1 Å². The van der Waals surface area contributed by atoms with Gasteiger partial charge in [-0.1, -0.05) is 71.4 Å². The van der Waals surface area contributed by atoms with Gasteiger partial charge in [-0.2, -0.15) is 4.98 Å². The number of aromatic nitrogens is 4. The highest BCUT2D eigenvalue weighted by atomic mass is 32.2. The van der Waals surface area contributed by atoms with Crippen LogP contribution in [0.5, 0.6) is 0 Å². The minimum atomic E-state index is 0.145. The summed E-state index contributed by atoms with van der Waals surface area (Å²) in [5.74, 6) is 1.07. The lowest BCUT2D eigenvalue weighted by molar-refractivity contribution is -0.128. The molecule has 1 amide bonds. The summed E-state index contributed by atoms with van der Waals surface area (Å²) in [5.41, 5.74) is 8.28. The van der Waals surface area contributed by atoms with Crippen molar-refractivity contribution in [1.82, 2.24) is 29.4 Å². The van der Waals surface area contributed by atoms with Gasteiger partial charge in [0.1, 0.15) is 0 Å². The van der Waals surface area contributed by atoms with E-state index in [1.54, 1.807) is 0 Å². The highest BCUT2D eigenvalue weighted by Gasteiger charge is 2.21. The summed E-state index contributed by atoms with van der Waals surface area (Å²) < 4.78 is 1.82. The maximum atomic E-state index is 13.1. The average Bonchev–Trinajstić information content (AvgIpc) is 3.17. The van der Waals surface area contributed by atoms with Gasteiger partial charge in [0.05, 0.1) is 5.75 Å². The number of carbonyl (C=O) groups is 1. The molecule has 0 unspecified atom stereocenters. The number of rotatable bonds is 7. The van der Waals surface area contributed by atoms with Gasteiger partial charge in [0.25, 0.3) is 5.78 Å². The van der Waals surface area contributed by atoms with Crippen molar-refractivity contribution in [1.29, 1.82) is 0 Å². The molecule has 0 aliphatic carbocycles. The van der Waals surface area contributed by atoms with Crippen molar-refractivity contribution < 1.29 is 4.79 Å². The molecule has 0 N–H and O–H groups in total. The Labute approximate surface area is 229 Å². The largest absolute Gasteiger partial charge is 0.341 e. The highest BCUT2D eigenvalue weighted by molar-refractivity contribution is 7.99. The van der Waals surface area contributed by atoms with Gasteiger partial charge in [0, 0.05) is 50.5 Å².